The van der Waals surface area contributed by atoms with Crippen molar-refractivity contribution in [1.82, 2.24) is 9.88 Å². The molecule has 7 nitrogen and oxygen atoms in total. The first-order valence-corrected chi connectivity index (χ1v) is 10.5. The molecule has 1 unspecified atom stereocenters. The van der Waals surface area contributed by atoms with Crippen molar-refractivity contribution in [3.8, 4) is 0 Å². The maximum absolute atomic E-state index is 14.1. The first-order valence-electron chi connectivity index (χ1n) is 10.1. The zero-order valence-electron chi connectivity index (χ0n) is 17.1. The van der Waals surface area contributed by atoms with Crippen LogP contribution in [0, 0.1) is 5.82 Å². The second-order valence-electron chi connectivity index (χ2n) is 7.54. The number of nitrogens with zero attached hydrogens (tertiary/aromatic N) is 1. The average Bonchev–Trinajstić information content (AvgIpc) is 3.40. The van der Waals surface area contributed by atoms with Crippen LogP contribution in [-0.4, -0.2) is 21.5 Å². The maximum Gasteiger partial charge on any atom is 0.252 e. The third-order valence-electron chi connectivity index (χ3n) is 5.51. The van der Waals surface area contributed by atoms with Gasteiger partial charge in [-0.2, -0.15) is 0 Å². The van der Waals surface area contributed by atoms with E-state index in [1.807, 2.05) is 6.07 Å². The van der Waals surface area contributed by atoms with Crippen LogP contribution in [0.1, 0.15) is 31.2 Å². The van der Waals surface area contributed by atoms with Gasteiger partial charge in [-0.05, 0) is 31.4 Å². The number of halogens is 2. The minimum Gasteiger partial charge on any atom is -0.361 e. The Morgan fingerprint density at radius 3 is 2.59 bits per heavy atom. The number of rotatable bonds is 6. The summed E-state index contributed by atoms with van der Waals surface area (Å²) >= 11 is 5.79. The van der Waals surface area contributed by atoms with Gasteiger partial charge in [0.2, 0.25) is 5.91 Å². The average molecular weight is 457 g/mol. The van der Waals surface area contributed by atoms with Gasteiger partial charge in [-0.3, -0.25) is 15.3 Å². The highest BCUT2D eigenvalue weighted by Crippen LogP contribution is 2.31. The minimum absolute atomic E-state index is 0.0151. The summed E-state index contributed by atoms with van der Waals surface area (Å²) < 4.78 is 15.5. The number of nitrogens with one attached hydrogen (secondary N) is 2. The third kappa shape index (κ3) is 4.25. The van der Waals surface area contributed by atoms with Gasteiger partial charge < -0.3 is 20.3 Å². The van der Waals surface area contributed by atoms with E-state index >= 15 is 0 Å². The molecule has 0 saturated heterocycles. The summed E-state index contributed by atoms with van der Waals surface area (Å²) in [6, 6.07) is 11.8. The van der Waals surface area contributed by atoms with Crippen LogP contribution in [-0.2, 0) is 16.1 Å². The summed E-state index contributed by atoms with van der Waals surface area (Å²) in [6.07, 6.45) is 1.88. The number of nitrogens with two attached hydrogens (primary N) is 1. The van der Waals surface area contributed by atoms with E-state index in [1.54, 1.807) is 36.5 Å². The molecule has 0 saturated carbocycles. The van der Waals surface area contributed by atoms with Gasteiger partial charge >= 0.3 is 0 Å². The Bertz CT molecular complexity index is 1240. The van der Waals surface area contributed by atoms with Crippen molar-refractivity contribution in [2.45, 2.75) is 32.2 Å². The summed E-state index contributed by atoms with van der Waals surface area (Å²) in [4.78, 5) is 25.7. The quantitative estimate of drug-likeness (QED) is 0.425. The Kier molecular flexibility index (Phi) is 6.27. The largest absolute Gasteiger partial charge is 0.361 e. The molecule has 1 aliphatic rings. The van der Waals surface area contributed by atoms with E-state index in [0.29, 0.717) is 47.0 Å². The van der Waals surface area contributed by atoms with E-state index in [2.05, 4.69) is 10.6 Å². The lowest BCUT2D eigenvalue weighted by atomic mass is 10.1. The van der Waals surface area contributed by atoms with Crippen molar-refractivity contribution in [3.63, 3.8) is 0 Å². The number of aliphatic hydroxyl groups excluding tert-OH is 1. The van der Waals surface area contributed by atoms with Crippen molar-refractivity contribution < 1.29 is 19.1 Å². The normalized spacial score (nSPS) is 14.6. The molecule has 2 aromatic carbocycles. The number of para-hydroxylation sites is 1. The highest BCUT2D eigenvalue weighted by atomic mass is 35.5. The van der Waals surface area contributed by atoms with Crippen LogP contribution in [0.4, 0.5) is 10.1 Å². The Morgan fingerprint density at radius 2 is 1.84 bits per heavy atom. The predicted octanol–water partition coefficient (Wildman–Crippen LogP) is 3.58. The van der Waals surface area contributed by atoms with E-state index < -0.39 is 24.0 Å². The summed E-state index contributed by atoms with van der Waals surface area (Å²) in [7, 11) is 0. The lowest BCUT2D eigenvalue weighted by Crippen LogP contribution is -2.26. The fraction of sp³-hybridized carbons (Fsp3) is 0.217. The highest BCUT2D eigenvalue weighted by molar-refractivity contribution is 6.30. The van der Waals surface area contributed by atoms with E-state index in [-0.39, 0.29) is 17.1 Å². The molecule has 2 amide bonds. The van der Waals surface area contributed by atoms with Crippen molar-refractivity contribution in [3.05, 3.63) is 76.2 Å². The lowest BCUT2D eigenvalue weighted by Gasteiger charge is -2.10. The molecule has 1 heterocycles. The smallest absolute Gasteiger partial charge is 0.252 e. The molecule has 32 heavy (non-hydrogen) atoms. The molecule has 1 aliphatic carbocycles. The van der Waals surface area contributed by atoms with Crippen molar-refractivity contribution in [2.75, 3.05) is 5.32 Å². The molecular weight excluding hydrogens is 435 g/mol. The lowest BCUT2D eigenvalue weighted by molar-refractivity contribution is -0.118. The molecule has 0 fully saturated rings. The van der Waals surface area contributed by atoms with Crippen LogP contribution in [0.25, 0.3) is 10.9 Å². The van der Waals surface area contributed by atoms with E-state index in [4.69, 9.17) is 17.3 Å². The summed E-state index contributed by atoms with van der Waals surface area (Å²) in [5.74, 6) is -1.38. The molecule has 0 spiro atoms. The number of hydrogen-bond donors (Lipinski definition) is 4. The second kappa shape index (κ2) is 9.12. The summed E-state index contributed by atoms with van der Waals surface area (Å²) in [5, 5.41) is 16.0. The second-order valence-corrected chi connectivity index (χ2v) is 7.95. The van der Waals surface area contributed by atoms with E-state index in [0.717, 1.165) is 0 Å². The first-order chi connectivity index (χ1) is 15.4. The Hall–Kier alpha value is -3.20. The molecule has 1 atom stereocenters. The number of carbonyl (C=O) groups is 2. The summed E-state index contributed by atoms with van der Waals surface area (Å²) in [6.45, 7) is -0.0362. The highest BCUT2D eigenvalue weighted by Gasteiger charge is 2.26. The minimum atomic E-state index is -1.26. The number of hydrogen-bond acceptors (Lipinski definition) is 4. The van der Waals surface area contributed by atoms with Crippen LogP contribution in [0.15, 0.2) is 59.8 Å². The van der Waals surface area contributed by atoms with Crippen LogP contribution < -0.4 is 16.4 Å². The van der Waals surface area contributed by atoms with Crippen LogP contribution >= 0.6 is 11.6 Å². The topological polar surface area (TPSA) is 109 Å². The van der Waals surface area contributed by atoms with Gasteiger partial charge in [-0.15, -0.1) is 0 Å². The van der Waals surface area contributed by atoms with Crippen LogP contribution in [0.2, 0.25) is 5.02 Å². The predicted molar refractivity (Wildman–Crippen MR) is 120 cm³/mol. The number of benzene rings is 2. The fourth-order valence-electron chi connectivity index (χ4n) is 3.93. The molecule has 5 N–H and O–H groups in total. The van der Waals surface area contributed by atoms with Gasteiger partial charge in [0.05, 0.1) is 16.2 Å². The van der Waals surface area contributed by atoms with Gasteiger partial charge in [0.1, 0.15) is 5.82 Å². The van der Waals surface area contributed by atoms with Gasteiger partial charge in [0.15, 0.2) is 6.35 Å². The first kappa shape index (κ1) is 22.0. The van der Waals surface area contributed by atoms with Gasteiger partial charge in [-0.1, -0.05) is 41.9 Å². The van der Waals surface area contributed by atoms with Gasteiger partial charge in [0, 0.05) is 34.8 Å². The third-order valence-corrected chi connectivity index (χ3v) is 5.80. The van der Waals surface area contributed by atoms with Crippen LogP contribution in [0.5, 0.6) is 0 Å². The molecule has 0 aliphatic heterocycles. The summed E-state index contributed by atoms with van der Waals surface area (Å²) in [5.41, 5.74) is 7.80. The van der Waals surface area contributed by atoms with E-state index in [9.17, 15) is 19.1 Å². The maximum atomic E-state index is 14.1. The number of aliphatic hydroxyl groups is 1. The monoisotopic (exact) mass is 456 g/mol. The molecule has 0 bridgehead atoms. The Balaban J connectivity index is 1.53. The molecule has 0 radical (unpaired) electrons. The molecular formula is C23H22ClFN4O3. The van der Waals surface area contributed by atoms with Crippen molar-refractivity contribution in [2.24, 2.45) is 5.73 Å². The number of fused-ring (bicyclic) bond motifs is 1. The number of aromatic nitrogens is 1. The Labute approximate surface area is 188 Å². The van der Waals surface area contributed by atoms with E-state index in [1.165, 1.54) is 10.6 Å². The van der Waals surface area contributed by atoms with Gasteiger partial charge in [-0.25, -0.2) is 4.39 Å². The fourth-order valence-corrected chi connectivity index (χ4v) is 4.13. The molecule has 9 heteroatoms. The number of carbonyl (C=O) groups excluding carboxylic acids is 2. The molecule has 3 aromatic rings. The number of anilines is 1. The molecule has 166 valence electrons. The Morgan fingerprint density at radius 1 is 1.12 bits per heavy atom. The zero-order chi connectivity index (χ0) is 22.8. The molecule has 4 rings (SSSR count). The SMILES string of the molecule is NC(O)n1cc(NC(=O)C2=C(C(=O)NCc3cccc(Cl)c3F)CCC2)c2ccccc21. The molecule has 1 aromatic heterocycles. The van der Waals surface area contributed by atoms with Crippen LogP contribution in [0.3, 0.4) is 0 Å². The van der Waals surface area contributed by atoms with Crippen molar-refractivity contribution in [1.29, 1.82) is 0 Å². The van der Waals surface area contributed by atoms with Gasteiger partial charge in [0.25, 0.3) is 5.91 Å². The standard InChI is InChI=1S/C23H22ClFN4O3/c24-17-9-3-5-13(20(17)25)11-27-21(30)14-7-4-8-15(14)22(31)28-18-12-29(23(26)32)19-10-2-1-6-16(18)19/h1-3,5-6,9-10,12,23,32H,4,7-8,11,26H2,(H,27,30)(H,28,31). The van der Waals surface area contributed by atoms with Crippen molar-refractivity contribution >= 4 is 40.0 Å². The number of amides is 2. The zero-order valence-corrected chi connectivity index (χ0v) is 17.8.